The van der Waals surface area contributed by atoms with E-state index < -0.39 is 18.1 Å². The molecule has 0 aromatic rings. The predicted molar refractivity (Wildman–Crippen MR) is 64.0 cm³/mol. The Morgan fingerprint density at radius 3 is 2.28 bits per heavy atom. The summed E-state index contributed by atoms with van der Waals surface area (Å²) in [7, 11) is 0. The first kappa shape index (κ1) is 13.1. The van der Waals surface area contributed by atoms with Crippen molar-refractivity contribution < 1.29 is 19.8 Å². The number of likely N-dealkylation sites (tertiary alicyclic amines) is 1. The lowest BCUT2D eigenvalue weighted by Gasteiger charge is -2.23. The van der Waals surface area contributed by atoms with Crippen LogP contribution in [-0.4, -0.2) is 52.3 Å². The largest absolute Gasteiger partial charge is 0.480 e. The predicted octanol–water partition coefficient (Wildman–Crippen LogP) is 0.262. The summed E-state index contributed by atoms with van der Waals surface area (Å²) < 4.78 is 0. The molecule has 0 aromatic heterocycles. The van der Waals surface area contributed by atoms with E-state index in [1.807, 2.05) is 0 Å². The van der Waals surface area contributed by atoms with Gasteiger partial charge in [0.05, 0.1) is 6.10 Å². The van der Waals surface area contributed by atoms with Gasteiger partial charge in [-0.25, -0.2) is 9.59 Å². The van der Waals surface area contributed by atoms with Crippen LogP contribution in [0.4, 0.5) is 4.79 Å². The van der Waals surface area contributed by atoms with E-state index in [1.165, 1.54) is 13.3 Å². The molecule has 1 aliphatic heterocycles. The van der Waals surface area contributed by atoms with Gasteiger partial charge in [0, 0.05) is 13.1 Å². The molecule has 1 heterocycles. The Labute approximate surface area is 106 Å². The quantitative estimate of drug-likeness (QED) is 0.675. The molecule has 2 aliphatic rings. The molecule has 1 saturated carbocycles. The number of urea groups is 1. The van der Waals surface area contributed by atoms with Gasteiger partial charge in [0.2, 0.25) is 0 Å². The molecule has 2 amide bonds. The number of hydrogen-bond acceptors (Lipinski definition) is 3. The SMILES string of the molecule is C[C@@H](O)[C@H](NC(=O)N1CC2CCCC2C1)C(=O)O. The number of fused-ring (bicyclic) bond motifs is 1. The molecule has 102 valence electrons. The highest BCUT2D eigenvalue weighted by atomic mass is 16.4. The third-order valence-corrected chi connectivity index (χ3v) is 4.04. The van der Waals surface area contributed by atoms with E-state index >= 15 is 0 Å². The zero-order valence-corrected chi connectivity index (χ0v) is 10.5. The van der Waals surface area contributed by atoms with Crippen LogP contribution in [0.25, 0.3) is 0 Å². The molecule has 0 spiro atoms. The number of amides is 2. The zero-order chi connectivity index (χ0) is 13.3. The van der Waals surface area contributed by atoms with Crippen LogP contribution >= 0.6 is 0 Å². The fraction of sp³-hybridized carbons (Fsp3) is 0.833. The minimum atomic E-state index is -1.24. The Morgan fingerprint density at radius 1 is 1.28 bits per heavy atom. The summed E-state index contributed by atoms with van der Waals surface area (Å²) in [4.78, 5) is 24.5. The van der Waals surface area contributed by atoms with Crippen LogP contribution in [0.15, 0.2) is 0 Å². The maximum absolute atomic E-state index is 11.9. The van der Waals surface area contributed by atoms with E-state index in [1.54, 1.807) is 4.90 Å². The van der Waals surface area contributed by atoms with Crippen molar-refractivity contribution >= 4 is 12.0 Å². The highest BCUT2D eigenvalue weighted by molar-refractivity contribution is 5.83. The number of carbonyl (C=O) groups is 2. The Hall–Kier alpha value is -1.30. The van der Waals surface area contributed by atoms with E-state index in [4.69, 9.17) is 5.11 Å². The second kappa shape index (κ2) is 5.14. The lowest BCUT2D eigenvalue weighted by atomic mass is 10.0. The summed E-state index contributed by atoms with van der Waals surface area (Å²) in [6.07, 6.45) is 2.45. The Bertz CT molecular complexity index is 333. The van der Waals surface area contributed by atoms with Gasteiger partial charge >= 0.3 is 12.0 Å². The number of aliphatic hydroxyl groups is 1. The van der Waals surface area contributed by atoms with Crippen molar-refractivity contribution in [2.45, 2.75) is 38.3 Å². The van der Waals surface area contributed by atoms with E-state index in [9.17, 15) is 14.7 Å². The Kier molecular flexibility index (Phi) is 3.75. The maximum atomic E-state index is 11.9. The molecule has 4 atom stereocenters. The van der Waals surface area contributed by atoms with Crippen LogP contribution < -0.4 is 5.32 Å². The molecule has 18 heavy (non-hydrogen) atoms. The van der Waals surface area contributed by atoms with E-state index in [-0.39, 0.29) is 6.03 Å². The van der Waals surface area contributed by atoms with Crippen molar-refractivity contribution in [3.8, 4) is 0 Å². The number of nitrogens with zero attached hydrogens (tertiary/aromatic N) is 1. The number of aliphatic carboxylic acids is 1. The van der Waals surface area contributed by atoms with Crippen LogP contribution in [0.1, 0.15) is 26.2 Å². The molecule has 6 nitrogen and oxygen atoms in total. The summed E-state index contributed by atoms with van der Waals surface area (Å²) in [6, 6.07) is -1.62. The molecule has 1 aliphatic carbocycles. The third-order valence-electron chi connectivity index (χ3n) is 4.04. The van der Waals surface area contributed by atoms with Gasteiger partial charge in [-0.2, -0.15) is 0 Å². The minimum absolute atomic E-state index is 0.377. The van der Waals surface area contributed by atoms with Gasteiger partial charge in [-0.05, 0) is 31.6 Å². The van der Waals surface area contributed by atoms with Crippen LogP contribution in [0.2, 0.25) is 0 Å². The lowest BCUT2D eigenvalue weighted by Crippen LogP contribution is -2.52. The van der Waals surface area contributed by atoms with Crippen LogP contribution in [0.5, 0.6) is 0 Å². The van der Waals surface area contributed by atoms with Crippen molar-refractivity contribution in [2.24, 2.45) is 11.8 Å². The van der Waals surface area contributed by atoms with E-state index in [0.29, 0.717) is 24.9 Å². The molecule has 0 radical (unpaired) electrons. The average Bonchev–Trinajstić information content (AvgIpc) is 2.84. The number of carboxylic acid groups (broad SMARTS) is 1. The van der Waals surface area contributed by atoms with Crippen LogP contribution in [0.3, 0.4) is 0 Å². The van der Waals surface area contributed by atoms with Crippen LogP contribution in [-0.2, 0) is 4.79 Å². The Balaban J connectivity index is 1.90. The van der Waals surface area contributed by atoms with Gasteiger partial charge in [0.15, 0.2) is 6.04 Å². The van der Waals surface area contributed by atoms with Gasteiger partial charge in [-0.1, -0.05) is 6.42 Å². The maximum Gasteiger partial charge on any atom is 0.328 e. The minimum Gasteiger partial charge on any atom is -0.480 e. The van der Waals surface area contributed by atoms with Crippen LogP contribution in [0, 0.1) is 11.8 Å². The molecule has 2 fully saturated rings. The second-order valence-corrected chi connectivity index (χ2v) is 5.36. The first-order valence-electron chi connectivity index (χ1n) is 6.45. The van der Waals surface area contributed by atoms with Gasteiger partial charge in [-0.15, -0.1) is 0 Å². The van der Waals surface area contributed by atoms with Gasteiger partial charge in [0.25, 0.3) is 0 Å². The van der Waals surface area contributed by atoms with Crippen molar-refractivity contribution in [2.75, 3.05) is 13.1 Å². The molecule has 1 saturated heterocycles. The summed E-state index contributed by atoms with van der Waals surface area (Å²) in [5.74, 6) is -0.0612. The zero-order valence-electron chi connectivity index (χ0n) is 10.5. The smallest absolute Gasteiger partial charge is 0.328 e. The topological polar surface area (TPSA) is 89.9 Å². The highest BCUT2D eigenvalue weighted by Gasteiger charge is 2.39. The Morgan fingerprint density at radius 2 is 1.83 bits per heavy atom. The first-order valence-corrected chi connectivity index (χ1v) is 6.45. The molecule has 2 rings (SSSR count). The summed E-state index contributed by atoms with van der Waals surface area (Å²) in [6.45, 7) is 2.78. The van der Waals surface area contributed by atoms with Crippen molar-refractivity contribution in [3.05, 3.63) is 0 Å². The molecule has 2 unspecified atom stereocenters. The van der Waals surface area contributed by atoms with Gasteiger partial charge in [-0.3, -0.25) is 0 Å². The summed E-state index contributed by atoms with van der Waals surface area (Å²) in [5, 5.41) is 20.6. The summed E-state index contributed by atoms with van der Waals surface area (Å²) in [5.41, 5.74) is 0. The molecule has 0 bridgehead atoms. The second-order valence-electron chi connectivity index (χ2n) is 5.36. The van der Waals surface area contributed by atoms with Crippen molar-refractivity contribution in [3.63, 3.8) is 0 Å². The number of hydrogen-bond donors (Lipinski definition) is 3. The standard InChI is InChI=1S/C12H20N2O4/c1-7(15)10(11(16)17)13-12(18)14-5-8-3-2-4-9(8)6-14/h7-10,15H,2-6H2,1H3,(H,13,18)(H,16,17)/t7-,8?,9?,10+/m1/s1. The average molecular weight is 256 g/mol. The highest BCUT2D eigenvalue weighted by Crippen LogP contribution is 2.37. The van der Waals surface area contributed by atoms with Gasteiger partial charge in [0.1, 0.15) is 0 Å². The summed E-state index contributed by atoms with van der Waals surface area (Å²) >= 11 is 0. The van der Waals surface area contributed by atoms with Crippen molar-refractivity contribution in [1.82, 2.24) is 10.2 Å². The number of rotatable bonds is 3. The number of carbonyl (C=O) groups excluding carboxylic acids is 1. The molecular formula is C12H20N2O4. The third kappa shape index (κ3) is 2.58. The normalized spacial score (nSPS) is 29.8. The number of nitrogens with one attached hydrogen (secondary N) is 1. The van der Waals surface area contributed by atoms with E-state index in [2.05, 4.69) is 5.32 Å². The first-order chi connectivity index (χ1) is 8.49. The molecule has 3 N–H and O–H groups in total. The van der Waals surface area contributed by atoms with Crippen molar-refractivity contribution in [1.29, 1.82) is 0 Å². The fourth-order valence-electron chi connectivity index (χ4n) is 3.01. The number of aliphatic hydroxyl groups excluding tert-OH is 1. The van der Waals surface area contributed by atoms with E-state index in [0.717, 1.165) is 12.8 Å². The molecule has 6 heteroatoms. The fourth-order valence-corrected chi connectivity index (χ4v) is 3.01. The molecular weight excluding hydrogens is 236 g/mol. The lowest BCUT2D eigenvalue weighted by molar-refractivity contribution is -0.141. The van der Waals surface area contributed by atoms with Gasteiger partial charge < -0.3 is 20.4 Å². The molecule has 0 aromatic carbocycles. The monoisotopic (exact) mass is 256 g/mol. The number of carboxylic acids is 1.